The molecule has 2 unspecified atom stereocenters. The molecule has 0 bridgehead atoms. The fraction of sp³-hybridized carbons (Fsp3) is 0.458. The largest absolute Gasteiger partial charge is 0.496 e. The first-order chi connectivity index (χ1) is 30.1. The van der Waals surface area contributed by atoms with Crippen LogP contribution >= 0.6 is 0 Å². The molecule has 0 saturated carbocycles. The van der Waals surface area contributed by atoms with E-state index in [-0.39, 0.29) is 40.8 Å². The molecular weight excluding hydrogens is 789 g/mol. The lowest BCUT2D eigenvalue weighted by atomic mass is 9.93. The van der Waals surface area contributed by atoms with Gasteiger partial charge in [0.25, 0.3) is 11.4 Å². The molecule has 14 nitrogen and oxygen atoms in total. The molecular formula is C48H60N6O8. The molecule has 2 heterocycles. The summed E-state index contributed by atoms with van der Waals surface area (Å²) in [5, 5.41) is 32.2. The Morgan fingerprint density at radius 2 is 1.08 bits per heavy atom. The van der Waals surface area contributed by atoms with Crippen LogP contribution in [0, 0.1) is 20.2 Å². The minimum absolute atomic E-state index is 0.00957. The third-order valence-corrected chi connectivity index (χ3v) is 12.3. The van der Waals surface area contributed by atoms with E-state index in [0.717, 1.165) is 51.9 Å². The van der Waals surface area contributed by atoms with Crippen molar-refractivity contribution in [2.45, 2.75) is 89.4 Å². The zero-order valence-electron chi connectivity index (χ0n) is 36.2. The van der Waals surface area contributed by atoms with Gasteiger partial charge in [-0.1, -0.05) is 113 Å². The third-order valence-electron chi connectivity index (χ3n) is 12.3. The van der Waals surface area contributed by atoms with Crippen molar-refractivity contribution in [3.05, 3.63) is 139 Å². The highest BCUT2D eigenvalue weighted by Crippen LogP contribution is 2.35. The Morgan fingerprint density at radius 1 is 0.661 bits per heavy atom. The summed E-state index contributed by atoms with van der Waals surface area (Å²) in [7, 11) is 3.05. The first kappa shape index (κ1) is 46.0. The summed E-state index contributed by atoms with van der Waals surface area (Å²) in [6, 6.07) is 23.0. The van der Waals surface area contributed by atoms with Crippen molar-refractivity contribution >= 4 is 22.9 Å². The van der Waals surface area contributed by atoms with Gasteiger partial charge in [0.05, 0.1) is 30.2 Å². The van der Waals surface area contributed by atoms with Gasteiger partial charge in [0, 0.05) is 85.7 Å². The molecule has 62 heavy (non-hydrogen) atoms. The van der Waals surface area contributed by atoms with Crippen LogP contribution in [0.15, 0.2) is 84.9 Å². The zero-order chi connectivity index (χ0) is 44.0. The van der Waals surface area contributed by atoms with Crippen LogP contribution in [0.4, 0.5) is 11.4 Å². The monoisotopic (exact) mass is 848 g/mol. The number of benzene rings is 4. The fourth-order valence-corrected chi connectivity index (χ4v) is 9.11. The van der Waals surface area contributed by atoms with Crippen molar-refractivity contribution in [1.82, 2.24) is 20.4 Å². The number of unbranched alkanes of at least 4 members (excludes halogenated alkanes) is 6. The second-order valence-corrected chi connectivity index (χ2v) is 16.3. The van der Waals surface area contributed by atoms with Gasteiger partial charge in [-0.05, 0) is 31.4 Å². The Bertz CT molecular complexity index is 2010. The summed E-state index contributed by atoms with van der Waals surface area (Å²) < 4.78 is 11.7. The molecule has 0 aromatic heterocycles. The summed E-state index contributed by atoms with van der Waals surface area (Å²) in [6.45, 7) is 6.51. The first-order valence-electron chi connectivity index (χ1n) is 22.0. The van der Waals surface area contributed by atoms with E-state index >= 15 is 0 Å². The van der Waals surface area contributed by atoms with Gasteiger partial charge in [-0.3, -0.25) is 39.6 Å². The van der Waals surface area contributed by atoms with Crippen molar-refractivity contribution < 1.29 is 28.9 Å². The molecule has 2 N–H and O–H groups in total. The number of rotatable bonds is 22. The number of nitrogens with zero attached hydrogens (tertiary/aromatic N) is 4. The lowest BCUT2D eigenvalue weighted by molar-refractivity contribution is -0.385. The van der Waals surface area contributed by atoms with Crippen LogP contribution in [0.1, 0.15) is 101 Å². The summed E-state index contributed by atoms with van der Waals surface area (Å²) in [5.74, 6) is -0.0389. The molecule has 6 rings (SSSR count). The number of methoxy groups -OCH3 is 2. The number of hydrogen-bond donors (Lipinski definition) is 2. The lowest BCUT2D eigenvalue weighted by Gasteiger charge is -2.50. The Morgan fingerprint density at radius 3 is 1.48 bits per heavy atom. The predicted molar refractivity (Wildman–Crippen MR) is 240 cm³/mol. The van der Waals surface area contributed by atoms with E-state index < -0.39 is 21.4 Å². The Balaban J connectivity index is 1.32. The summed E-state index contributed by atoms with van der Waals surface area (Å²) in [5.41, 5.74) is 1.46. The first-order valence-corrected chi connectivity index (χ1v) is 22.0. The van der Waals surface area contributed by atoms with E-state index in [9.17, 15) is 29.8 Å². The number of ketones is 2. The number of hydrogen-bond acceptors (Lipinski definition) is 12. The number of ether oxygens (including phenoxy) is 2. The van der Waals surface area contributed by atoms with Crippen molar-refractivity contribution in [2.75, 3.05) is 53.5 Å². The van der Waals surface area contributed by atoms with E-state index in [1.54, 1.807) is 60.7 Å². The third kappa shape index (κ3) is 11.3. The number of nitro groups is 2. The van der Waals surface area contributed by atoms with Gasteiger partial charge < -0.3 is 20.1 Å². The maximum Gasteiger partial charge on any atom is 0.281 e. The molecule has 0 amide bonds. The molecule has 2 fully saturated rings. The van der Waals surface area contributed by atoms with Gasteiger partial charge in [-0.25, -0.2) is 0 Å². The molecule has 0 radical (unpaired) electrons. The van der Waals surface area contributed by atoms with E-state index in [1.807, 2.05) is 0 Å². The van der Waals surface area contributed by atoms with E-state index in [1.165, 1.54) is 64.2 Å². The van der Waals surface area contributed by atoms with Gasteiger partial charge in [-0.15, -0.1) is 0 Å². The van der Waals surface area contributed by atoms with Crippen LogP contribution in [0.25, 0.3) is 0 Å². The van der Waals surface area contributed by atoms with Crippen LogP contribution in [0.2, 0.25) is 0 Å². The molecule has 2 aliphatic rings. The van der Waals surface area contributed by atoms with Gasteiger partial charge in [-0.2, -0.15) is 0 Å². The number of nitrogens with one attached hydrogen (secondary N) is 2. The zero-order valence-corrected chi connectivity index (χ0v) is 36.2. The highest BCUT2D eigenvalue weighted by atomic mass is 16.6. The Labute approximate surface area is 364 Å². The number of carbonyl (C=O) groups is 2. The summed E-state index contributed by atoms with van der Waals surface area (Å²) >= 11 is 0. The van der Waals surface area contributed by atoms with Crippen LogP contribution in [0.3, 0.4) is 0 Å². The molecule has 0 spiro atoms. The highest BCUT2D eigenvalue weighted by Gasteiger charge is 2.38. The predicted octanol–water partition coefficient (Wildman–Crippen LogP) is 7.78. The SMILES string of the molecule is CCCCCCCCCC(N1CCNCC1Cc1cc([N+](=O)[O-])c(C(=O)c2ccccc2)cc1OC)N1CCNCC1Cc1cc([N+](=O)[O-])c(C(=O)c2ccccc2)cc1OC. The molecule has 14 heteroatoms. The highest BCUT2D eigenvalue weighted by molar-refractivity contribution is 6.12. The number of carbonyl (C=O) groups excluding carboxylic acids is 2. The number of nitro benzene ring substituents is 2. The van der Waals surface area contributed by atoms with Gasteiger partial charge >= 0.3 is 0 Å². The quantitative estimate of drug-likeness (QED) is 0.0342. The minimum atomic E-state index is -0.493. The minimum Gasteiger partial charge on any atom is -0.496 e. The Kier molecular flexibility index (Phi) is 16.7. The van der Waals surface area contributed by atoms with E-state index in [4.69, 9.17) is 9.47 Å². The molecule has 2 aliphatic heterocycles. The average molecular weight is 849 g/mol. The molecule has 4 aromatic rings. The van der Waals surface area contributed by atoms with Crippen molar-refractivity contribution in [1.29, 1.82) is 0 Å². The molecule has 4 aromatic carbocycles. The number of piperazine rings is 2. The maximum atomic E-state index is 13.6. The maximum absolute atomic E-state index is 13.6. The van der Waals surface area contributed by atoms with Crippen LogP contribution in [-0.2, 0) is 12.8 Å². The topological polar surface area (TPSA) is 169 Å². The smallest absolute Gasteiger partial charge is 0.281 e. The summed E-state index contributed by atoms with van der Waals surface area (Å²) in [4.78, 5) is 56.3. The molecule has 330 valence electrons. The molecule has 2 saturated heterocycles. The summed E-state index contributed by atoms with van der Waals surface area (Å²) in [6.07, 6.45) is 9.90. The van der Waals surface area contributed by atoms with Gasteiger partial charge in [0.15, 0.2) is 11.6 Å². The van der Waals surface area contributed by atoms with Crippen molar-refractivity contribution in [3.8, 4) is 11.5 Å². The fourth-order valence-electron chi connectivity index (χ4n) is 9.11. The van der Waals surface area contributed by atoms with Gasteiger partial charge in [0.2, 0.25) is 0 Å². The van der Waals surface area contributed by atoms with Crippen LogP contribution in [0.5, 0.6) is 11.5 Å². The normalized spacial score (nSPS) is 17.6. The second kappa shape index (κ2) is 22.5. The van der Waals surface area contributed by atoms with E-state index in [2.05, 4.69) is 27.4 Å². The van der Waals surface area contributed by atoms with Crippen molar-refractivity contribution in [3.63, 3.8) is 0 Å². The van der Waals surface area contributed by atoms with E-state index in [0.29, 0.717) is 59.7 Å². The average Bonchev–Trinajstić information content (AvgIpc) is 3.30. The molecule has 0 aliphatic carbocycles. The Hall–Kier alpha value is -5.54. The van der Waals surface area contributed by atoms with Crippen LogP contribution < -0.4 is 20.1 Å². The van der Waals surface area contributed by atoms with Crippen molar-refractivity contribution in [2.24, 2.45) is 0 Å². The lowest BCUT2D eigenvalue weighted by Crippen LogP contribution is -2.65. The van der Waals surface area contributed by atoms with Gasteiger partial charge in [0.1, 0.15) is 22.6 Å². The van der Waals surface area contributed by atoms with Crippen LogP contribution in [-0.4, -0.2) is 103 Å². The molecule has 2 atom stereocenters. The standard InChI is InChI=1S/C48H60N6O8/c1-4-5-6-7-8-9-16-21-46(51-24-22-49-32-38(51)26-36-28-42(53(57)58)40(30-44(36)61-2)47(55)34-17-12-10-13-18-34)52-25-23-50-33-39(52)27-37-29-43(54(59)60)41(31-45(37)62-3)48(56)35-19-14-11-15-20-35/h10-15,17-20,28-31,38-39,46,49-50H,4-9,16,21-27,32-33H2,1-3H3. The second-order valence-electron chi connectivity index (χ2n) is 16.3.